The van der Waals surface area contributed by atoms with Gasteiger partial charge in [-0.05, 0) is 80.6 Å². The number of nitrogens with zero attached hydrogens (tertiary/aromatic N) is 5. The molecule has 0 radical (unpaired) electrons. The van der Waals surface area contributed by atoms with E-state index >= 15 is 0 Å². The van der Waals surface area contributed by atoms with Crippen LogP contribution in [-0.2, 0) is 12.8 Å². The summed E-state index contributed by atoms with van der Waals surface area (Å²) in [6, 6.07) is 13.2. The van der Waals surface area contributed by atoms with Crippen LogP contribution in [0, 0.1) is 13.8 Å². The quantitative estimate of drug-likeness (QED) is 0.385. The Bertz CT molecular complexity index is 1220. The lowest BCUT2D eigenvalue weighted by molar-refractivity contribution is 0.342. The Kier molecular flexibility index (Phi) is 6.07. The Morgan fingerprint density at radius 1 is 1.03 bits per heavy atom. The molecule has 166 valence electrons. The molecule has 6 heteroatoms. The summed E-state index contributed by atoms with van der Waals surface area (Å²) in [6.45, 7) is 10.0. The zero-order valence-electron chi connectivity index (χ0n) is 19.2. The molecule has 1 aliphatic rings. The molecule has 0 N–H and O–H groups in total. The number of rotatable bonds is 7. The van der Waals surface area contributed by atoms with Gasteiger partial charge in [-0.1, -0.05) is 36.4 Å². The normalized spacial score (nSPS) is 15.6. The van der Waals surface area contributed by atoms with Crippen LogP contribution in [0.15, 0.2) is 42.6 Å². The molecular formula is C26H31N5S. The minimum absolute atomic E-state index is 0.0650. The molecule has 0 bridgehead atoms. The van der Waals surface area contributed by atoms with Gasteiger partial charge in [-0.2, -0.15) is 0 Å². The van der Waals surface area contributed by atoms with Gasteiger partial charge in [0.05, 0.1) is 15.9 Å². The molecule has 2 aromatic carbocycles. The van der Waals surface area contributed by atoms with Crippen molar-refractivity contribution in [1.82, 2.24) is 24.9 Å². The van der Waals surface area contributed by atoms with Crippen molar-refractivity contribution in [3.63, 3.8) is 0 Å². The Hall–Kier alpha value is -2.57. The molecular weight excluding hydrogens is 414 g/mol. The second-order valence-electron chi connectivity index (χ2n) is 8.94. The Morgan fingerprint density at radius 3 is 2.66 bits per heavy atom. The van der Waals surface area contributed by atoms with Crippen molar-refractivity contribution in [1.29, 1.82) is 0 Å². The van der Waals surface area contributed by atoms with E-state index in [1.165, 1.54) is 52.9 Å². The van der Waals surface area contributed by atoms with E-state index in [2.05, 4.69) is 78.6 Å². The molecule has 4 aromatic rings. The first-order chi connectivity index (χ1) is 15.6. The molecule has 1 atom stereocenters. The van der Waals surface area contributed by atoms with Crippen molar-refractivity contribution >= 4 is 21.6 Å². The molecule has 1 fully saturated rings. The Morgan fingerprint density at radius 2 is 1.88 bits per heavy atom. The molecule has 3 heterocycles. The molecule has 0 aliphatic carbocycles. The summed E-state index contributed by atoms with van der Waals surface area (Å²) < 4.78 is 3.25. The van der Waals surface area contributed by atoms with Crippen molar-refractivity contribution in [2.45, 2.75) is 52.5 Å². The van der Waals surface area contributed by atoms with Crippen LogP contribution in [0.4, 0.5) is 0 Å². The highest BCUT2D eigenvalue weighted by Crippen LogP contribution is 2.34. The number of fused-ring (bicyclic) bond motifs is 1. The van der Waals surface area contributed by atoms with Gasteiger partial charge in [-0.3, -0.25) is 0 Å². The lowest BCUT2D eigenvalue weighted by Crippen LogP contribution is -2.22. The van der Waals surface area contributed by atoms with Crippen molar-refractivity contribution in [3.8, 4) is 0 Å². The minimum Gasteiger partial charge on any atom is -0.303 e. The van der Waals surface area contributed by atoms with Gasteiger partial charge in [-0.15, -0.1) is 16.4 Å². The highest BCUT2D eigenvalue weighted by molar-refractivity contribution is 7.18. The SMILES string of the molecule is CCc1ccc2nc(C(c3ccc(C)c(C)c3)n3cc(CCN4CCCC4)nn3)sc2c1. The maximum absolute atomic E-state index is 5.03. The number of aryl methyl sites for hydroxylation is 3. The number of hydrogen-bond acceptors (Lipinski definition) is 5. The molecule has 2 aromatic heterocycles. The summed E-state index contributed by atoms with van der Waals surface area (Å²) in [5.41, 5.74) is 7.26. The van der Waals surface area contributed by atoms with Crippen LogP contribution in [0.5, 0.6) is 0 Å². The van der Waals surface area contributed by atoms with Gasteiger partial charge in [0.1, 0.15) is 11.0 Å². The van der Waals surface area contributed by atoms with E-state index in [9.17, 15) is 0 Å². The van der Waals surface area contributed by atoms with Crippen LogP contribution in [0.1, 0.15) is 58.8 Å². The highest BCUT2D eigenvalue weighted by atomic mass is 32.1. The fraction of sp³-hybridized carbons (Fsp3) is 0.423. The lowest BCUT2D eigenvalue weighted by Gasteiger charge is -2.16. The Labute approximate surface area is 194 Å². The molecule has 0 saturated carbocycles. The molecule has 5 rings (SSSR count). The molecule has 1 aliphatic heterocycles. The van der Waals surface area contributed by atoms with Gasteiger partial charge in [0.25, 0.3) is 0 Å². The first-order valence-electron chi connectivity index (χ1n) is 11.7. The number of aromatic nitrogens is 4. The molecule has 1 saturated heterocycles. The summed E-state index contributed by atoms with van der Waals surface area (Å²) in [5.74, 6) is 0. The van der Waals surface area contributed by atoms with Gasteiger partial charge >= 0.3 is 0 Å². The van der Waals surface area contributed by atoms with Crippen molar-refractivity contribution in [3.05, 3.63) is 75.6 Å². The molecule has 32 heavy (non-hydrogen) atoms. The van der Waals surface area contributed by atoms with E-state index in [1.807, 2.05) is 4.68 Å². The first-order valence-corrected chi connectivity index (χ1v) is 12.5. The first kappa shape index (κ1) is 21.3. The smallest absolute Gasteiger partial charge is 0.130 e. The highest BCUT2D eigenvalue weighted by Gasteiger charge is 2.23. The molecule has 1 unspecified atom stereocenters. The third-order valence-electron chi connectivity index (χ3n) is 6.66. The standard InChI is InChI=1S/C26H31N5S/c1-4-20-8-10-23-24(16-20)32-26(27-23)25(21-9-7-18(2)19(3)15-21)31-17-22(28-29-31)11-14-30-12-5-6-13-30/h7-10,15-17,25H,4-6,11-14H2,1-3H3. The average molecular weight is 446 g/mol. The van der Waals surface area contributed by atoms with Crippen LogP contribution in [-0.4, -0.2) is 44.5 Å². The zero-order valence-corrected chi connectivity index (χ0v) is 20.0. The van der Waals surface area contributed by atoms with Crippen LogP contribution in [0.25, 0.3) is 10.2 Å². The molecule has 5 nitrogen and oxygen atoms in total. The summed E-state index contributed by atoms with van der Waals surface area (Å²) in [6.07, 6.45) is 6.74. The van der Waals surface area contributed by atoms with Gasteiger partial charge < -0.3 is 4.90 Å². The van der Waals surface area contributed by atoms with Crippen LogP contribution in [0.3, 0.4) is 0 Å². The third-order valence-corrected chi connectivity index (χ3v) is 7.73. The topological polar surface area (TPSA) is 46.8 Å². The van der Waals surface area contributed by atoms with E-state index in [0.29, 0.717) is 0 Å². The van der Waals surface area contributed by atoms with E-state index in [4.69, 9.17) is 4.98 Å². The largest absolute Gasteiger partial charge is 0.303 e. The van der Waals surface area contributed by atoms with Gasteiger partial charge in [0, 0.05) is 19.2 Å². The second-order valence-corrected chi connectivity index (χ2v) is 10.0. The predicted molar refractivity (Wildman–Crippen MR) is 132 cm³/mol. The Balaban J connectivity index is 1.51. The van der Waals surface area contributed by atoms with E-state index < -0.39 is 0 Å². The number of thiazole rings is 1. The fourth-order valence-corrected chi connectivity index (χ4v) is 5.65. The lowest BCUT2D eigenvalue weighted by atomic mass is 10.0. The summed E-state index contributed by atoms with van der Waals surface area (Å²) in [7, 11) is 0. The van der Waals surface area contributed by atoms with Gasteiger partial charge in [0.15, 0.2) is 0 Å². The predicted octanol–water partition coefficient (Wildman–Crippen LogP) is 5.34. The monoisotopic (exact) mass is 445 g/mol. The molecule has 0 spiro atoms. The number of benzene rings is 2. The van der Waals surface area contributed by atoms with Crippen molar-refractivity contribution in [2.24, 2.45) is 0 Å². The van der Waals surface area contributed by atoms with Crippen LogP contribution < -0.4 is 0 Å². The summed E-state index contributed by atoms with van der Waals surface area (Å²) in [5, 5.41) is 10.2. The molecule has 0 amide bonds. The third kappa shape index (κ3) is 4.34. The van der Waals surface area contributed by atoms with Gasteiger partial charge in [0.2, 0.25) is 0 Å². The van der Waals surface area contributed by atoms with E-state index in [-0.39, 0.29) is 6.04 Å². The van der Waals surface area contributed by atoms with Crippen molar-refractivity contribution in [2.75, 3.05) is 19.6 Å². The minimum atomic E-state index is -0.0650. The average Bonchev–Trinajstić information content (AvgIpc) is 3.55. The van der Waals surface area contributed by atoms with Crippen LogP contribution in [0.2, 0.25) is 0 Å². The van der Waals surface area contributed by atoms with Crippen LogP contribution >= 0.6 is 11.3 Å². The summed E-state index contributed by atoms with van der Waals surface area (Å²) >= 11 is 1.77. The van der Waals surface area contributed by atoms with Crippen molar-refractivity contribution < 1.29 is 0 Å². The maximum atomic E-state index is 5.03. The zero-order chi connectivity index (χ0) is 22.1. The second kappa shape index (κ2) is 9.12. The maximum Gasteiger partial charge on any atom is 0.130 e. The number of likely N-dealkylation sites (tertiary alicyclic amines) is 1. The number of hydrogen-bond donors (Lipinski definition) is 0. The van der Waals surface area contributed by atoms with E-state index in [1.54, 1.807) is 11.3 Å². The summed E-state index contributed by atoms with van der Waals surface area (Å²) in [4.78, 5) is 7.56. The van der Waals surface area contributed by atoms with E-state index in [0.717, 1.165) is 35.6 Å². The fourth-order valence-electron chi connectivity index (χ4n) is 4.50. The van der Waals surface area contributed by atoms with Gasteiger partial charge in [-0.25, -0.2) is 9.67 Å².